The topological polar surface area (TPSA) is 111 Å². The number of carbonyl (C=O) groups is 1. The number of anilines is 1. The van der Waals surface area contributed by atoms with Gasteiger partial charge in [-0.1, -0.05) is 11.2 Å². The third-order valence-electron chi connectivity index (χ3n) is 6.01. The van der Waals surface area contributed by atoms with Crippen molar-refractivity contribution in [2.45, 2.75) is 24.7 Å². The molecule has 0 radical (unpaired) electrons. The number of hydrogen-bond donors (Lipinski definition) is 1. The minimum absolute atomic E-state index is 0.0736. The molecule has 3 aromatic rings. The Balaban J connectivity index is 1.24. The van der Waals surface area contributed by atoms with E-state index in [4.69, 9.17) is 14.0 Å². The predicted molar refractivity (Wildman–Crippen MR) is 132 cm³/mol. The molecular weight excluding hydrogens is 490 g/mol. The van der Waals surface area contributed by atoms with Gasteiger partial charge in [0.05, 0.1) is 0 Å². The van der Waals surface area contributed by atoms with Crippen molar-refractivity contribution in [2.24, 2.45) is 5.92 Å². The monoisotopic (exact) mass is 515 g/mol. The number of sulfonamides is 1. The van der Waals surface area contributed by atoms with Crippen LogP contribution in [0.15, 0.2) is 45.1 Å². The van der Waals surface area contributed by atoms with E-state index in [2.05, 4.69) is 10.5 Å². The maximum atomic E-state index is 13.4. The SMILES string of the molecule is Cc1noc(/C=C/c2cccs2)c1S(=O)(=O)N1CCC(C(=O)Nc2ccc3c(c2)OCCO3)CC1. The van der Waals surface area contributed by atoms with E-state index in [1.165, 1.54) is 4.31 Å². The number of nitrogens with zero attached hydrogens (tertiary/aromatic N) is 2. The largest absolute Gasteiger partial charge is 0.486 e. The van der Waals surface area contributed by atoms with Gasteiger partial charge in [-0.05, 0) is 55.5 Å². The van der Waals surface area contributed by atoms with Gasteiger partial charge in [-0.3, -0.25) is 4.79 Å². The molecule has 11 heteroatoms. The number of aryl methyl sites for hydroxylation is 1. The Morgan fingerprint density at radius 3 is 2.66 bits per heavy atom. The van der Waals surface area contributed by atoms with Crippen LogP contribution in [0.3, 0.4) is 0 Å². The lowest BCUT2D eigenvalue weighted by Gasteiger charge is -2.30. The van der Waals surface area contributed by atoms with Gasteiger partial charge >= 0.3 is 0 Å². The molecule has 0 atom stereocenters. The normalized spacial score (nSPS) is 17.1. The van der Waals surface area contributed by atoms with Crippen molar-refractivity contribution in [3.8, 4) is 11.5 Å². The van der Waals surface area contributed by atoms with Crippen molar-refractivity contribution in [1.82, 2.24) is 9.46 Å². The lowest BCUT2D eigenvalue weighted by Crippen LogP contribution is -2.41. The fraction of sp³-hybridized carbons (Fsp3) is 0.333. The number of nitrogens with one attached hydrogen (secondary N) is 1. The van der Waals surface area contributed by atoms with Gasteiger partial charge in [-0.25, -0.2) is 8.42 Å². The molecule has 0 aliphatic carbocycles. The van der Waals surface area contributed by atoms with E-state index in [0.29, 0.717) is 48.9 Å². The quantitative estimate of drug-likeness (QED) is 0.528. The van der Waals surface area contributed by atoms with Crippen molar-refractivity contribution < 1.29 is 27.2 Å². The lowest BCUT2D eigenvalue weighted by atomic mass is 9.97. The van der Waals surface area contributed by atoms with Gasteiger partial charge in [0.1, 0.15) is 18.9 Å². The highest BCUT2D eigenvalue weighted by molar-refractivity contribution is 7.89. The van der Waals surface area contributed by atoms with Gasteiger partial charge in [0.25, 0.3) is 0 Å². The second-order valence-corrected chi connectivity index (χ2v) is 11.2. The number of ether oxygens (including phenoxy) is 2. The zero-order chi connectivity index (χ0) is 24.4. The number of fused-ring (bicyclic) bond motifs is 1. The molecule has 184 valence electrons. The molecule has 0 unspecified atom stereocenters. The van der Waals surface area contributed by atoms with Crippen LogP contribution in [0.5, 0.6) is 11.5 Å². The summed E-state index contributed by atoms with van der Waals surface area (Å²) in [5.74, 6) is 1.02. The second kappa shape index (κ2) is 9.84. The molecular formula is C24H25N3O6S2. The van der Waals surface area contributed by atoms with Crippen LogP contribution in [-0.4, -0.2) is 50.1 Å². The van der Waals surface area contributed by atoms with Crippen LogP contribution in [0.2, 0.25) is 0 Å². The van der Waals surface area contributed by atoms with E-state index >= 15 is 0 Å². The number of piperidine rings is 1. The molecule has 35 heavy (non-hydrogen) atoms. The van der Waals surface area contributed by atoms with Crippen LogP contribution in [0.4, 0.5) is 5.69 Å². The van der Waals surface area contributed by atoms with Crippen LogP contribution in [0, 0.1) is 12.8 Å². The zero-order valence-electron chi connectivity index (χ0n) is 19.1. The smallest absolute Gasteiger partial charge is 0.248 e. The van der Waals surface area contributed by atoms with Gasteiger partial charge in [-0.2, -0.15) is 4.31 Å². The number of rotatable bonds is 6. The molecule has 1 aromatic carbocycles. The second-order valence-electron chi connectivity index (χ2n) is 8.34. The summed E-state index contributed by atoms with van der Waals surface area (Å²) in [5.41, 5.74) is 0.936. The minimum Gasteiger partial charge on any atom is -0.486 e. The summed E-state index contributed by atoms with van der Waals surface area (Å²) in [6, 6.07) is 9.13. The van der Waals surface area contributed by atoms with Crippen LogP contribution < -0.4 is 14.8 Å². The van der Waals surface area contributed by atoms with Crippen molar-refractivity contribution in [2.75, 3.05) is 31.6 Å². The Kier molecular flexibility index (Phi) is 6.63. The van der Waals surface area contributed by atoms with E-state index in [1.807, 2.05) is 17.5 Å². The van der Waals surface area contributed by atoms with Gasteiger partial charge in [0.15, 0.2) is 22.2 Å². The molecule has 9 nitrogen and oxygen atoms in total. The standard InChI is InChI=1S/C24H25N3O6S2/c1-16-23(21(33-26-16)7-5-19-3-2-14-34-19)35(29,30)27-10-8-17(9-11-27)24(28)25-18-4-6-20-22(15-18)32-13-12-31-20/h2-7,14-15,17H,8-13H2,1H3,(H,25,28)/b7-5+. The maximum absolute atomic E-state index is 13.4. The Hall–Kier alpha value is -3.15. The Morgan fingerprint density at radius 1 is 1.14 bits per heavy atom. The average Bonchev–Trinajstić information content (AvgIpc) is 3.52. The summed E-state index contributed by atoms with van der Waals surface area (Å²) in [5, 5.41) is 8.74. The first kappa shape index (κ1) is 23.6. The highest BCUT2D eigenvalue weighted by Gasteiger charge is 2.36. The summed E-state index contributed by atoms with van der Waals surface area (Å²) in [4.78, 5) is 13.9. The molecule has 1 amide bonds. The molecule has 1 saturated heterocycles. The van der Waals surface area contributed by atoms with Gasteiger partial charge in [0, 0.05) is 35.6 Å². The molecule has 0 bridgehead atoms. The molecule has 2 aromatic heterocycles. The Morgan fingerprint density at radius 2 is 1.91 bits per heavy atom. The summed E-state index contributed by atoms with van der Waals surface area (Å²) in [7, 11) is -3.82. The zero-order valence-corrected chi connectivity index (χ0v) is 20.7. The first-order chi connectivity index (χ1) is 16.9. The Labute approximate surface area is 207 Å². The van der Waals surface area contributed by atoms with E-state index in [1.54, 1.807) is 48.6 Å². The summed E-state index contributed by atoms with van der Waals surface area (Å²) >= 11 is 1.54. The molecule has 4 heterocycles. The number of hydrogen-bond acceptors (Lipinski definition) is 8. The molecule has 5 rings (SSSR count). The number of aromatic nitrogens is 1. The highest BCUT2D eigenvalue weighted by Crippen LogP contribution is 2.34. The van der Waals surface area contributed by atoms with Gasteiger partial charge in [0.2, 0.25) is 15.9 Å². The van der Waals surface area contributed by atoms with E-state index in [0.717, 1.165) is 4.88 Å². The third kappa shape index (κ3) is 4.97. The van der Waals surface area contributed by atoms with E-state index < -0.39 is 10.0 Å². The third-order valence-corrected chi connectivity index (χ3v) is 8.90. The Bertz CT molecular complexity index is 1340. The van der Waals surface area contributed by atoms with Crippen LogP contribution in [-0.2, 0) is 14.8 Å². The number of amides is 1. The number of benzene rings is 1. The number of thiophene rings is 1. The fourth-order valence-corrected chi connectivity index (χ4v) is 6.53. The molecule has 1 N–H and O–H groups in total. The van der Waals surface area contributed by atoms with Crippen LogP contribution >= 0.6 is 11.3 Å². The molecule has 2 aliphatic rings. The van der Waals surface area contributed by atoms with E-state index in [9.17, 15) is 13.2 Å². The van der Waals surface area contributed by atoms with Gasteiger partial charge < -0.3 is 19.3 Å². The first-order valence-corrected chi connectivity index (χ1v) is 13.6. The summed E-state index contributed by atoms with van der Waals surface area (Å²) in [6.07, 6.45) is 4.27. The molecule has 0 spiro atoms. The maximum Gasteiger partial charge on any atom is 0.248 e. The lowest BCUT2D eigenvalue weighted by molar-refractivity contribution is -0.120. The number of carbonyl (C=O) groups excluding carboxylic acids is 1. The van der Waals surface area contributed by atoms with Crippen molar-refractivity contribution in [3.63, 3.8) is 0 Å². The van der Waals surface area contributed by atoms with Crippen LogP contribution in [0.1, 0.15) is 29.2 Å². The molecule has 0 saturated carbocycles. The van der Waals surface area contributed by atoms with Gasteiger partial charge in [-0.15, -0.1) is 11.3 Å². The minimum atomic E-state index is -3.82. The van der Waals surface area contributed by atoms with Crippen molar-refractivity contribution in [3.05, 3.63) is 52.0 Å². The van der Waals surface area contributed by atoms with E-state index in [-0.39, 0.29) is 35.6 Å². The van der Waals surface area contributed by atoms with Crippen molar-refractivity contribution in [1.29, 1.82) is 0 Å². The highest BCUT2D eigenvalue weighted by atomic mass is 32.2. The summed E-state index contributed by atoms with van der Waals surface area (Å²) < 4.78 is 44.6. The first-order valence-electron chi connectivity index (χ1n) is 11.3. The van der Waals surface area contributed by atoms with Crippen LogP contribution in [0.25, 0.3) is 12.2 Å². The van der Waals surface area contributed by atoms with Crippen molar-refractivity contribution >= 4 is 45.1 Å². The average molecular weight is 516 g/mol. The summed E-state index contributed by atoms with van der Waals surface area (Å²) in [6.45, 7) is 3.06. The molecule has 2 aliphatic heterocycles. The predicted octanol–water partition coefficient (Wildman–Crippen LogP) is 4.03. The fourth-order valence-electron chi connectivity index (χ4n) is 4.20. The molecule has 1 fully saturated rings.